The number of benzene rings is 1. The Kier molecular flexibility index (Phi) is 4.38. The zero-order valence-corrected chi connectivity index (χ0v) is 14.0. The predicted molar refractivity (Wildman–Crippen MR) is 84.1 cm³/mol. The summed E-state index contributed by atoms with van der Waals surface area (Å²) < 4.78 is 6.47. The van der Waals surface area contributed by atoms with Crippen molar-refractivity contribution in [2.75, 3.05) is 0 Å². The number of carbonyl (C=O) groups is 1. The Hall–Kier alpha value is -1.09. The van der Waals surface area contributed by atoms with E-state index in [-0.39, 0.29) is 17.3 Å². The van der Waals surface area contributed by atoms with Crippen molar-refractivity contribution in [1.82, 2.24) is 0 Å². The average Bonchev–Trinajstić information content (AvgIpc) is 2.87. The molecule has 2 rings (SSSR count). The molecule has 20 heavy (non-hydrogen) atoms. The SMILES string of the molecule is CC(C)=C[C@@H]1[C@@H](C(=O)OCc2cccc(Br)c2)C1(C)C. The van der Waals surface area contributed by atoms with E-state index in [4.69, 9.17) is 4.74 Å². The molecule has 0 spiro atoms. The fraction of sp³-hybridized carbons (Fsp3) is 0.471. The van der Waals surface area contributed by atoms with Crippen LogP contribution in [0.5, 0.6) is 0 Å². The summed E-state index contributed by atoms with van der Waals surface area (Å²) in [5.74, 6) is 0.213. The third-order valence-electron chi connectivity index (χ3n) is 3.95. The molecule has 0 unspecified atom stereocenters. The first-order valence-corrected chi connectivity index (χ1v) is 7.68. The second-order valence-corrected chi connectivity index (χ2v) is 7.22. The zero-order chi connectivity index (χ0) is 14.9. The lowest BCUT2D eigenvalue weighted by Crippen LogP contribution is -2.10. The second kappa shape index (κ2) is 5.72. The van der Waals surface area contributed by atoms with Crippen molar-refractivity contribution in [3.05, 3.63) is 46.0 Å². The molecule has 0 aliphatic heterocycles. The fourth-order valence-corrected chi connectivity index (χ4v) is 3.12. The lowest BCUT2D eigenvalue weighted by atomic mass is 10.1. The van der Waals surface area contributed by atoms with Crippen LogP contribution in [0.4, 0.5) is 0 Å². The molecule has 3 heteroatoms. The topological polar surface area (TPSA) is 26.3 Å². The summed E-state index contributed by atoms with van der Waals surface area (Å²) in [6.45, 7) is 8.73. The molecule has 0 bridgehead atoms. The number of ether oxygens (including phenoxy) is 1. The molecule has 0 radical (unpaired) electrons. The molecular weight excluding hydrogens is 316 g/mol. The number of halogens is 1. The van der Waals surface area contributed by atoms with Crippen LogP contribution in [-0.2, 0) is 16.1 Å². The summed E-state index contributed by atoms with van der Waals surface area (Å²) in [5, 5.41) is 0. The van der Waals surface area contributed by atoms with E-state index in [1.165, 1.54) is 5.57 Å². The van der Waals surface area contributed by atoms with Crippen LogP contribution < -0.4 is 0 Å². The molecule has 0 aromatic heterocycles. The minimum absolute atomic E-state index is 0.00967. The maximum Gasteiger partial charge on any atom is 0.310 e. The molecule has 1 aromatic carbocycles. The average molecular weight is 337 g/mol. The molecular formula is C17H21BrO2. The first-order valence-electron chi connectivity index (χ1n) is 6.88. The number of allylic oxidation sites excluding steroid dienone is 2. The van der Waals surface area contributed by atoms with Crippen LogP contribution in [0.1, 0.15) is 33.3 Å². The Balaban J connectivity index is 1.95. The number of rotatable bonds is 4. The molecule has 1 fully saturated rings. The van der Waals surface area contributed by atoms with Gasteiger partial charge < -0.3 is 4.74 Å². The molecule has 0 amide bonds. The number of esters is 1. The fourth-order valence-electron chi connectivity index (χ4n) is 2.67. The summed E-state index contributed by atoms with van der Waals surface area (Å²) in [5.41, 5.74) is 2.28. The van der Waals surface area contributed by atoms with Crippen LogP contribution in [0.2, 0.25) is 0 Å². The number of hydrogen-bond donors (Lipinski definition) is 0. The predicted octanol–water partition coefficient (Wildman–Crippen LogP) is 4.73. The second-order valence-electron chi connectivity index (χ2n) is 6.31. The van der Waals surface area contributed by atoms with Crippen LogP contribution in [0.25, 0.3) is 0 Å². The van der Waals surface area contributed by atoms with Crippen molar-refractivity contribution in [2.45, 2.75) is 34.3 Å². The molecule has 1 aromatic rings. The summed E-state index contributed by atoms with van der Waals surface area (Å²) in [6.07, 6.45) is 2.19. The van der Waals surface area contributed by atoms with Gasteiger partial charge in [-0.1, -0.05) is 53.6 Å². The molecule has 1 saturated carbocycles. The number of carbonyl (C=O) groups excluding carboxylic acids is 1. The lowest BCUT2D eigenvalue weighted by Gasteiger charge is -2.06. The van der Waals surface area contributed by atoms with Crippen LogP contribution in [0.15, 0.2) is 40.4 Å². The molecule has 1 aliphatic rings. The molecule has 2 nitrogen and oxygen atoms in total. The minimum atomic E-state index is -0.0857. The Morgan fingerprint density at radius 2 is 2.10 bits per heavy atom. The van der Waals surface area contributed by atoms with Gasteiger partial charge in [0.1, 0.15) is 6.61 Å². The highest BCUT2D eigenvalue weighted by atomic mass is 79.9. The van der Waals surface area contributed by atoms with Gasteiger partial charge in [0.2, 0.25) is 0 Å². The molecule has 108 valence electrons. The van der Waals surface area contributed by atoms with E-state index in [1.54, 1.807) is 0 Å². The highest BCUT2D eigenvalue weighted by molar-refractivity contribution is 9.10. The van der Waals surface area contributed by atoms with Gasteiger partial charge >= 0.3 is 5.97 Å². The van der Waals surface area contributed by atoms with Crippen molar-refractivity contribution >= 4 is 21.9 Å². The van der Waals surface area contributed by atoms with Gasteiger partial charge in [-0.05, 0) is 42.9 Å². The van der Waals surface area contributed by atoms with Crippen molar-refractivity contribution in [2.24, 2.45) is 17.3 Å². The zero-order valence-electron chi connectivity index (χ0n) is 12.4. The first kappa shape index (κ1) is 15.3. The van der Waals surface area contributed by atoms with Gasteiger partial charge in [-0.3, -0.25) is 4.79 Å². The Morgan fingerprint density at radius 3 is 2.70 bits per heavy atom. The van der Waals surface area contributed by atoms with E-state index in [2.05, 4.69) is 49.7 Å². The lowest BCUT2D eigenvalue weighted by molar-refractivity contribution is -0.147. The van der Waals surface area contributed by atoms with Crippen LogP contribution >= 0.6 is 15.9 Å². The molecule has 0 saturated heterocycles. The van der Waals surface area contributed by atoms with Crippen molar-refractivity contribution < 1.29 is 9.53 Å². The van der Waals surface area contributed by atoms with Crippen molar-refractivity contribution in [3.63, 3.8) is 0 Å². The highest BCUT2D eigenvalue weighted by Crippen LogP contribution is 2.59. The summed E-state index contributed by atoms with van der Waals surface area (Å²) in [6, 6.07) is 7.84. The van der Waals surface area contributed by atoms with Crippen LogP contribution in [-0.4, -0.2) is 5.97 Å². The maximum atomic E-state index is 12.2. The van der Waals surface area contributed by atoms with Crippen molar-refractivity contribution in [3.8, 4) is 0 Å². The first-order chi connectivity index (χ1) is 9.32. The Bertz CT molecular complexity index is 542. The van der Waals surface area contributed by atoms with Crippen LogP contribution in [0, 0.1) is 17.3 Å². The van der Waals surface area contributed by atoms with E-state index >= 15 is 0 Å². The Morgan fingerprint density at radius 1 is 1.40 bits per heavy atom. The summed E-state index contributed by atoms with van der Waals surface area (Å²) >= 11 is 3.42. The maximum absolute atomic E-state index is 12.2. The molecule has 2 atom stereocenters. The highest BCUT2D eigenvalue weighted by Gasteiger charge is 2.61. The van der Waals surface area contributed by atoms with Crippen molar-refractivity contribution in [1.29, 1.82) is 0 Å². The summed E-state index contributed by atoms with van der Waals surface area (Å²) in [4.78, 5) is 12.2. The third kappa shape index (κ3) is 3.32. The quantitative estimate of drug-likeness (QED) is 0.586. The van der Waals surface area contributed by atoms with Gasteiger partial charge in [-0.15, -0.1) is 0 Å². The molecule has 0 N–H and O–H groups in total. The van der Waals surface area contributed by atoms with Gasteiger partial charge in [0.05, 0.1) is 5.92 Å². The van der Waals surface area contributed by atoms with Gasteiger partial charge in [-0.2, -0.15) is 0 Å². The Labute approximate surface area is 129 Å². The van der Waals surface area contributed by atoms with Crippen LogP contribution in [0.3, 0.4) is 0 Å². The van der Waals surface area contributed by atoms with Gasteiger partial charge in [0.15, 0.2) is 0 Å². The van der Waals surface area contributed by atoms with E-state index in [1.807, 2.05) is 24.3 Å². The van der Waals surface area contributed by atoms with E-state index in [9.17, 15) is 4.79 Å². The van der Waals surface area contributed by atoms with E-state index in [0.717, 1.165) is 10.0 Å². The van der Waals surface area contributed by atoms with Gasteiger partial charge in [0, 0.05) is 4.47 Å². The third-order valence-corrected chi connectivity index (χ3v) is 4.44. The molecule has 0 heterocycles. The monoisotopic (exact) mass is 336 g/mol. The van der Waals surface area contributed by atoms with E-state index < -0.39 is 0 Å². The minimum Gasteiger partial charge on any atom is -0.461 e. The molecule has 1 aliphatic carbocycles. The normalized spacial score (nSPS) is 23.1. The van der Waals surface area contributed by atoms with Gasteiger partial charge in [0.25, 0.3) is 0 Å². The smallest absolute Gasteiger partial charge is 0.310 e. The van der Waals surface area contributed by atoms with Gasteiger partial charge in [-0.25, -0.2) is 0 Å². The largest absolute Gasteiger partial charge is 0.461 e. The summed E-state index contributed by atoms with van der Waals surface area (Å²) in [7, 11) is 0. The van der Waals surface area contributed by atoms with E-state index in [0.29, 0.717) is 12.5 Å². The standard InChI is InChI=1S/C17H21BrO2/c1-11(2)8-14-15(17(14,3)4)16(19)20-10-12-6-5-7-13(18)9-12/h5-9,14-15H,10H2,1-4H3/t14-,15+/m1/s1. The number of hydrogen-bond acceptors (Lipinski definition) is 2.